The monoisotopic (exact) mass is 558 g/mol. The minimum Gasteiger partial charge on any atom is -0.478 e. The van der Waals surface area contributed by atoms with E-state index >= 15 is 0 Å². The van der Waals surface area contributed by atoms with Crippen LogP contribution < -0.4 is 10.2 Å². The smallest absolute Gasteiger partial charge is 0.478 e. The molecular formula is C27H36BClN2O6Si. The number of aryl methyl sites for hydroxylation is 1. The number of carboxylic acids is 1. The minimum atomic E-state index is -1.27. The van der Waals surface area contributed by atoms with Crippen molar-refractivity contribution in [3.63, 3.8) is 0 Å². The molecular weight excluding hydrogens is 523 g/mol. The molecule has 0 atom stereocenters. The summed E-state index contributed by atoms with van der Waals surface area (Å²) in [4.78, 5) is 16.4. The molecule has 11 heteroatoms. The largest absolute Gasteiger partial charge is 0.496 e. The van der Waals surface area contributed by atoms with Gasteiger partial charge < -0.3 is 23.9 Å². The van der Waals surface area contributed by atoms with Gasteiger partial charge in [-0.25, -0.2) is 4.79 Å². The van der Waals surface area contributed by atoms with Gasteiger partial charge in [0, 0.05) is 25.2 Å². The van der Waals surface area contributed by atoms with E-state index in [1.165, 1.54) is 6.07 Å². The lowest BCUT2D eigenvalue weighted by Gasteiger charge is -2.32. The van der Waals surface area contributed by atoms with Gasteiger partial charge in [0.25, 0.3) is 0 Å². The third-order valence-electron chi connectivity index (χ3n) is 7.20. The maximum atomic E-state index is 11.7. The van der Waals surface area contributed by atoms with Crippen molar-refractivity contribution in [3.8, 4) is 11.8 Å². The van der Waals surface area contributed by atoms with Gasteiger partial charge in [-0.15, -0.1) is 0 Å². The van der Waals surface area contributed by atoms with E-state index in [1.54, 1.807) is 23.6 Å². The first-order valence-electron chi connectivity index (χ1n) is 12.7. The first-order chi connectivity index (χ1) is 17.6. The zero-order valence-electron chi connectivity index (χ0n) is 23.3. The Hall–Kier alpha value is -2.37. The summed E-state index contributed by atoms with van der Waals surface area (Å²) in [6.07, 6.45) is 0. The lowest BCUT2D eigenvalue weighted by Crippen LogP contribution is -2.41. The second-order valence-electron chi connectivity index (χ2n) is 12.0. The predicted molar refractivity (Wildman–Crippen MR) is 153 cm³/mol. The quantitative estimate of drug-likeness (QED) is 0.250. The highest BCUT2D eigenvalue weighted by molar-refractivity contribution is 6.76. The molecule has 0 saturated carbocycles. The molecule has 204 valence electrons. The van der Waals surface area contributed by atoms with Gasteiger partial charge in [-0.1, -0.05) is 37.3 Å². The van der Waals surface area contributed by atoms with Crippen LogP contribution in [-0.2, 0) is 20.8 Å². The van der Waals surface area contributed by atoms with E-state index in [9.17, 15) is 9.90 Å². The third-order valence-corrected chi connectivity index (χ3v) is 9.24. The second kappa shape index (κ2) is 10.3. The van der Waals surface area contributed by atoms with Gasteiger partial charge in [-0.2, -0.15) is 4.98 Å². The zero-order chi connectivity index (χ0) is 28.0. The number of aromatic nitrogens is 2. The summed E-state index contributed by atoms with van der Waals surface area (Å²) >= 11 is 6.76. The standard InChI is InChI=1S/C27H36BClN2O6Si/c1-17-9-10-18(13-19(17)24(32)33)35-25-30-22-14-20(28-36-26(2,3)27(4,5)37-28)21(29)15-23(22)31(25)16-34-11-12-38(6,7)8/h9-10,13-15H,11-12,16H2,1-8H3,(H,32,33). The summed E-state index contributed by atoms with van der Waals surface area (Å²) in [7, 11) is -1.91. The molecule has 0 spiro atoms. The maximum Gasteiger partial charge on any atom is 0.496 e. The van der Waals surface area contributed by atoms with E-state index in [1.807, 2.05) is 39.8 Å². The molecule has 1 aliphatic rings. The van der Waals surface area contributed by atoms with Crippen LogP contribution in [0.1, 0.15) is 43.6 Å². The number of benzene rings is 2. The molecule has 1 aromatic heterocycles. The van der Waals surface area contributed by atoms with Crippen LogP contribution in [0.2, 0.25) is 30.7 Å². The van der Waals surface area contributed by atoms with Gasteiger partial charge in [0.1, 0.15) is 12.5 Å². The van der Waals surface area contributed by atoms with Crippen LogP contribution in [0, 0.1) is 6.92 Å². The van der Waals surface area contributed by atoms with Crippen LogP contribution in [0.3, 0.4) is 0 Å². The zero-order valence-corrected chi connectivity index (χ0v) is 25.1. The Kier molecular flexibility index (Phi) is 7.77. The minimum absolute atomic E-state index is 0.169. The number of carbonyl (C=O) groups is 1. The Morgan fingerprint density at radius 3 is 2.39 bits per heavy atom. The van der Waals surface area contributed by atoms with E-state index in [0.29, 0.717) is 33.9 Å². The summed E-state index contributed by atoms with van der Waals surface area (Å²) in [5, 5.41) is 10.0. The van der Waals surface area contributed by atoms with Crippen molar-refractivity contribution in [2.75, 3.05) is 6.61 Å². The Morgan fingerprint density at radius 2 is 1.79 bits per heavy atom. The summed E-state index contributed by atoms with van der Waals surface area (Å²) in [5.41, 5.74) is 1.83. The molecule has 2 heterocycles. The fourth-order valence-corrected chi connectivity index (χ4v) is 5.03. The molecule has 0 amide bonds. The number of carboxylic acid groups (broad SMARTS) is 1. The van der Waals surface area contributed by atoms with Crippen LogP contribution in [0.4, 0.5) is 0 Å². The maximum absolute atomic E-state index is 11.7. The molecule has 0 bridgehead atoms. The lowest BCUT2D eigenvalue weighted by molar-refractivity contribution is 0.00578. The molecule has 2 aromatic carbocycles. The molecule has 1 saturated heterocycles. The number of rotatable bonds is 9. The fourth-order valence-electron chi connectivity index (χ4n) is 4.03. The number of ether oxygens (including phenoxy) is 2. The number of aromatic carboxylic acids is 1. The molecule has 0 aliphatic carbocycles. The lowest BCUT2D eigenvalue weighted by atomic mass is 9.79. The Bertz CT molecular complexity index is 1350. The van der Waals surface area contributed by atoms with E-state index < -0.39 is 32.4 Å². The van der Waals surface area contributed by atoms with Crippen molar-refractivity contribution in [1.82, 2.24) is 9.55 Å². The van der Waals surface area contributed by atoms with Crippen molar-refractivity contribution in [3.05, 3.63) is 46.5 Å². The van der Waals surface area contributed by atoms with E-state index in [4.69, 9.17) is 35.4 Å². The number of fused-ring (bicyclic) bond motifs is 1. The molecule has 0 radical (unpaired) electrons. The highest BCUT2D eigenvalue weighted by Gasteiger charge is 2.52. The summed E-state index contributed by atoms with van der Waals surface area (Å²) in [6, 6.07) is 9.89. The van der Waals surface area contributed by atoms with Gasteiger partial charge in [-0.05, 0) is 70.5 Å². The van der Waals surface area contributed by atoms with Crippen LogP contribution >= 0.6 is 11.6 Å². The molecule has 8 nitrogen and oxygen atoms in total. The SMILES string of the molecule is Cc1ccc(Oc2nc3cc(B4OC(C)(C)C(C)(C)O4)c(Cl)cc3n2COCC[Si](C)(C)C)cc1C(=O)O. The van der Waals surface area contributed by atoms with Gasteiger partial charge in [0.2, 0.25) is 0 Å². The highest BCUT2D eigenvalue weighted by atomic mass is 35.5. The van der Waals surface area contributed by atoms with Gasteiger partial charge in [0.15, 0.2) is 0 Å². The van der Waals surface area contributed by atoms with Crippen molar-refractivity contribution >= 4 is 49.3 Å². The molecule has 1 N–H and O–H groups in total. The molecule has 4 rings (SSSR count). The fraction of sp³-hybridized carbons (Fsp3) is 0.481. The van der Waals surface area contributed by atoms with Crippen molar-refractivity contribution in [2.45, 2.75) is 78.2 Å². The van der Waals surface area contributed by atoms with Gasteiger partial charge in [0.05, 0.1) is 27.8 Å². The van der Waals surface area contributed by atoms with Crippen LogP contribution in [0.25, 0.3) is 11.0 Å². The molecule has 1 fully saturated rings. The number of nitrogens with zero attached hydrogens (tertiary/aromatic N) is 2. The third kappa shape index (κ3) is 5.94. The van der Waals surface area contributed by atoms with Crippen LogP contribution in [-0.4, -0.2) is 53.6 Å². The van der Waals surface area contributed by atoms with E-state index in [2.05, 4.69) is 19.6 Å². The van der Waals surface area contributed by atoms with E-state index in [0.717, 1.165) is 11.6 Å². The Balaban J connectivity index is 1.72. The number of imidazole rings is 1. The second-order valence-corrected chi connectivity index (χ2v) is 18.0. The van der Waals surface area contributed by atoms with E-state index in [-0.39, 0.29) is 18.3 Å². The van der Waals surface area contributed by atoms with Crippen molar-refractivity contribution < 1.29 is 28.7 Å². The Morgan fingerprint density at radius 1 is 1.13 bits per heavy atom. The predicted octanol–water partition coefficient (Wildman–Crippen LogP) is 6.10. The summed E-state index contributed by atoms with van der Waals surface area (Å²) in [6.45, 7) is 17.4. The molecule has 1 aliphatic heterocycles. The summed E-state index contributed by atoms with van der Waals surface area (Å²) in [5.74, 6) is -0.654. The topological polar surface area (TPSA) is 92.0 Å². The van der Waals surface area contributed by atoms with Gasteiger partial charge >= 0.3 is 19.1 Å². The van der Waals surface area contributed by atoms with Crippen LogP contribution in [0.5, 0.6) is 11.8 Å². The highest BCUT2D eigenvalue weighted by Crippen LogP contribution is 2.38. The Labute approximate surface area is 230 Å². The van der Waals surface area contributed by atoms with Crippen LogP contribution in [0.15, 0.2) is 30.3 Å². The normalized spacial score (nSPS) is 16.8. The average Bonchev–Trinajstić information content (AvgIpc) is 3.22. The average molecular weight is 559 g/mol. The number of hydrogen-bond donors (Lipinski definition) is 1. The number of halogens is 1. The summed E-state index contributed by atoms with van der Waals surface area (Å²) < 4.78 is 26.4. The van der Waals surface area contributed by atoms with Crippen molar-refractivity contribution in [1.29, 1.82) is 0 Å². The number of hydrogen-bond acceptors (Lipinski definition) is 6. The molecule has 3 aromatic rings. The molecule has 0 unspecified atom stereocenters. The first-order valence-corrected chi connectivity index (χ1v) is 16.8. The molecule has 38 heavy (non-hydrogen) atoms. The first kappa shape index (κ1) is 28.6. The van der Waals surface area contributed by atoms with Gasteiger partial charge in [-0.3, -0.25) is 4.57 Å². The van der Waals surface area contributed by atoms with Crippen molar-refractivity contribution in [2.24, 2.45) is 0 Å².